The van der Waals surface area contributed by atoms with Crippen molar-refractivity contribution >= 4 is 31.9 Å². The first-order valence-corrected chi connectivity index (χ1v) is 8.69. The Morgan fingerprint density at radius 2 is 2.10 bits per heavy atom. The number of primary sulfonamides is 1. The van der Waals surface area contributed by atoms with Crippen molar-refractivity contribution in [1.82, 2.24) is 5.32 Å². The summed E-state index contributed by atoms with van der Waals surface area (Å²) in [7, 11) is -2.65. The van der Waals surface area contributed by atoms with Crippen LogP contribution in [0.25, 0.3) is 0 Å². The largest absolute Gasteiger partial charge is 0.494 e. The van der Waals surface area contributed by atoms with Gasteiger partial charge in [-0.15, -0.1) is 0 Å². The van der Waals surface area contributed by atoms with Gasteiger partial charge in [-0.3, -0.25) is 4.79 Å². The summed E-state index contributed by atoms with van der Waals surface area (Å²) >= 11 is 3.20. The van der Waals surface area contributed by atoms with Crippen molar-refractivity contribution in [2.45, 2.75) is 24.7 Å². The molecule has 1 aliphatic carbocycles. The van der Waals surface area contributed by atoms with Crippen LogP contribution in [0.1, 0.15) is 30.1 Å². The molecule has 8 heteroatoms. The van der Waals surface area contributed by atoms with E-state index in [9.17, 15) is 13.2 Å². The molecule has 0 saturated heterocycles. The summed E-state index contributed by atoms with van der Waals surface area (Å²) in [6.45, 7) is 2.66. The Balaban J connectivity index is 2.32. The Morgan fingerprint density at radius 3 is 2.57 bits per heavy atom. The summed E-state index contributed by atoms with van der Waals surface area (Å²) in [6.07, 6.45) is 2.17. The zero-order valence-electron chi connectivity index (χ0n) is 11.8. The Hall–Kier alpha value is -1.12. The van der Waals surface area contributed by atoms with E-state index in [4.69, 9.17) is 9.88 Å². The van der Waals surface area contributed by atoms with Crippen molar-refractivity contribution in [1.29, 1.82) is 0 Å². The molecule has 0 bridgehead atoms. The number of amides is 1. The average Bonchev–Trinajstić information content (AvgIpc) is 3.12. The van der Waals surface area contributed by atoms with Crippen LogP contribution in [0.4, 0.5) is 0 Å². The minimum Gasteiger partial charge on any atom is -0.494 e. The highest BCUT2D eigenvalue weighted by molar-refractivity contribution is 9.10. The van der Waals surface area contributed by atoms with Gasteiger partial charge in [0.25, 0.3) is 5.91 Å². The molecular weight excluding hydrogens is 360 g/mol. The molecule has 1 fully saturated rings. The number of nitrogens with one attached hydrogen (secondary N) is 1. The van der Waals surface area contributed by atoms with E-state index in [1.807, 2.05) is 0 Å². The second kappa shape index (κ2) is 5.58. The Bertz CT molecular complexity index is 684. The van der Waals surface area contributed by atoms with E-state index in [0.717, 1.165) is 12.8 Å². The highest BCUT2D eigenvalue weighted by Crippen LogP contribution is 2.44. The summed E-state index contributed by atoms with van der Waals surface area (Å²) in [5, 5.41) is 7.97. The van der Waals surface area contributed by atoms with Crippen LogP contribution in [-0.2, 0) is 10.0 Å². The number of nitrogens with two attached hydrogens (primary N) is 1. The van der Waals surface area contributed by atoms with Crippen molar-refractivity contribution in [3.63, 3.8) is 0 Å². The SMILES string of the molecule is COc1c(Br)cc(C(=O)NCC2(C)CC2)cc1S(N)(=O)=O. The summed E-state index contributed by atoms with van der Waals surface area (Å²) in [5.41, 5.74) is 0.387. The van der Waals surface area contributed by atoms with Crippen LogP contribution >= 0.6 is 15.9 Å². The van der Waals surface area contributed by atoms with E-state index >= 15 is 0 Å². The summed E-state index contributed by atoms with van der Waals surface area (Å²) in [4.78, 5) is 11.9. The standard InChI is InChI=1S/C13H17BrN2O4S/c1-13(3-4-13)7-16-12(17)8-5-9(14)11(20-2)10(6-8)21(15,18)19/h5-6H,3-4,7H2,1-2H3,(H,16,17)(H2,15,18,19). The molecule has 0 spiro atoms. The van der Waals surface area contributed by atoms with Gasteiger partial charge in [-0.2, -0.15) is 0 Å². The Labute approximate surface area is 132 Å². The van der Waals surface area contributed by atoms with Crippen molar-refractivity contribution in [2.75, 3.05) is 13.7 Å². The smallest absolute Gasteiger partial charge is 0.251 e. The number of carbonyl (C=O) groups is 1. The number of ether oxygens (including phenoxy) is 1. The molecule has 116 valence electrons. The monoisotopic (exact) mass is 376 g/mol. The summed E-state index contributed by atoms with van der Waals surface area (Å²) in [5.74, 6) is -0.250. The number of sulfonamides is 1. The number of hydrogen-bond donors (Lipinski definition) is 2. The lowest BCUT2D eigenvalue weighted by Crippen LogP contribution is -2.29. The molecule has 0 radical (unpaired) electrons. The number of rotatable bonds is 5. The third-order valence-corrected chi connectivity index (χ3v) is 5.07. The van der Waals surface area contributed by atoms with Crippen LogP contribution in [0.3, 0.4) is 0 Å². The zero-order chi connectivity index (χ0) is 15.8. The van der Waals surface area contributed by atoms with Gasteiger partial charge in [0.05, 0.1) is 11.6 Å². The van der Waals surface area contributed by atoms with Gasteiger partial charge in [-0.1, -0.05) is 6.92 Å². The van der Waals surface area contributed by atoms with E-state index in [-0.39, 0.29) is 27.5 Å². The zero-order valence-corrected chi connectivity index (χ0v) is 14.2. The fraction of sp³-hybridized carbons (Fsp3) is 0.462. The highest BCUT2D eigenvalue weighted by Gasteiger charge is 2.37. The van der Waals surface area contributed by atoms with Crippen molar-refractivity contribution in [3.8, 4) is 5.75 Å². The fourth-order valence-corrected chi connectivity index (χ4v) is 3.39. The van der Waals surface area contributed by atoms with Gasteiger partial charge in [0, 0.05) is 12.1 Å². The van der Waals surface area contributed by atoms with Gasteiger partial charge in [0.15, 0.2) is 5.75 Å². The first-order valence-electron chi connectivity index (χ1n) is 6.35. The maximum atomic E-state index is 12.1. The third-order valence-electron chi connectivity index (χ3n) is 3.56. The lowest BCUT2D eigenvalue weighted by atomic mass is 10.1. The number of halogens is 1. The lowest BCUT2D eigenvalue weighted by molar-refractivity contribution is 0.0946. The summed E-state index contributed by atoms with van der Waals surface area (Å²) in [6, 6.07) is 2.74. The van der Waals surface area contributed by atoms with E-state index in [2.05, 4.69) is 28.2 Å². The predicted octanol–water partition coefficient (Wildman–Crippen LogP) is 1.64. The maximum absolute atomic E-state index is 12.1. The molecule has 2 rings (SSSR count). The number of carbonyl (C=O) groups excluding carboxylic acids is 1. The topological polar surface area (TPSA) is 98.5 Å². The van der Waals surface area contributed by atoms with Gasteiger partial charge in [-0.25, -0.2) is 13.6 Å². The molecule has 0 atom stereocenters. The average molecular weight is 377 g/mol. The number of benzene rings is 1. The van der Waals surface area contributed by atoms with Gasteiger partial charge in [0.2, 0.25) is 10.0 Å². The molecule has 0 aliphatic heterocycles. The minimum absolute atomic E-state index is 0.0863. The Kier molecular flexibility index (Phi) is 4.32. The molecule has 3 N–H and O–H groups in total. The van der Waals surface area contributed by atoms with Crippen LogP contribution in [0, 0.1) is 5.41 Å². The quantitative estimate of drug-likeness (QED) is 0.815. The molecule has 1 amide bonds. The molecule has 0 unspecified atom stereocenters. The van der Waals surface area contributed by atoms with Gasteiger partial charge < -0.3 is 10.1 Å². The lowest BCUT2D eigenvalue weighted by Gasteiger charge is -2.13. The number of hydrogen-bond acceptors (Lipinski definition) is 4. The second-order valence-corrected chi connectivity index (χ2v) is 7.91. The van der Waals surface area contributed by atoms with E-state index < -0.39 is 10.0 Å². The van der Waals surface area contributed by atoms with Crippen molar-refractivity contribution in [2.24, 2.45) is 10.6 Å². The normalized spacial score (nSPS) is 16.4. The van der Waals surface area contributed by atoms with Gasteiger partial charge in [-0.05, 0) is 46.3 Å². The van der Waals surface area contributed by atoms with Gasteiger partial charge >= 0.3 is 0 Å². The van der Waals surface area contributed by atoms with Crippen LogP contribution < -0.4 is 15.2 Å². The molecule has 0 heterocycles. The molecular formula is C13H17BrN2O4S. The maximum Gasteiger partial charge on any atom is 0.251 e. The van der Waals surface area contributed by atoms with Crippen molar-refractivity contribution in [3.05, 3.63) is 22.2 Å². The first kappa shape index (κ1) is 16.3. The van der Waals surface area contributed by atoms with E-state index in [0.29, 0.717) is 11.0 Å². The fourth-order valence-electron chi connectivity index (χ4n) is 1.89. The number of methoxy groups -OCH3 is 1. The van der Waals surface area contributed by atoms with Crippen LogP contribution in [0.5, 0.6) is 5.75 Å². The van der Waals surface area contributed by atoms with Crippen LogP contribution in [0.15, 0.2) is 21.5 Å². The van der Waals surface area contributed by atoms with E-state index in [1.54, 1.807) is 0 Å². The molecule has 0 aromatic heterocycles. The van der Waals surface area contributed by atoms with Gasteiger partial charge in [0.1, 0.15) is 4.90 Å². The highest BCUT2D eigenvalue weighted by atomic mass is 79.9. The molecule has 21 heavy (non-hydrogen) atoms. The second-order valence-electron chi connectivity index (χ2n) is 5.53. The molecule has 1 aromatic carbocycles. The molecule has 6 nitrogen and oxygen atoms in total. The third kappa shape index (κ3) is 3.75. The minimum atomic E-state index is -3.99. The molecule has 1 aromatic rings. The van der Waals surface area contributed by atoms with Crippen LogP contribution in [0.2, 0.25) is 0 Å². The first-order chi connectivity index (χ1) is 9.66. The predicted molar refractivity (Wildman–Crippen MR) is 81.7 cm³/mol. The Morgan fingerprint density at radius 1 is 1.48 bits per heavy atom. The van der Waals surface area contributed by atoms with Crippen molar-refractivity contribution < 1.29 is 17.9 Å². The molecule has 1 aliphatic rings. The van der Waals surface area contributed by atoms with Crippen LogP contribution in [-0.4, -0.2) is 28.0 Å². The molecule has 1 saturated carbocycles. The summed E-state index contributed by atoms with van der Waals surface area (Å²) < 4.78 is 28.6. The van der Waals surface area contributed by atoms with E-state index in [1.165, 1.54) is 19.2 Å².